The van der Waals surface area contributed by atoms with Gasteiger partial charge in [0, 0.05) is 6.04 Å². The molecule has 0 aliphatic carbocycles. The van der Waals surface area contributed by atoms with Crippen LogP contribution in [0.25, 0.3) is 0 Å². The molecule has 0 saturated carbocycles. The third-order valence-electron chi connectivity index (χ3n) is 2.81. The molecule has 0 heterocycles. The number of hydrogen-bond acceptors (Lipinski definition) is 2. The van der Waals surface area contributed by atoms with Crippen LogP contribution < -0.4 is 10.6 Å². The van der Waals surface area contributed by atoms with Gasteiger partial charge in [0.2, 0.25) is 5.91 Å². The standard InChI is InChI=1S/C15H24N2O/c1-11(2)15(13-8-6-5-7-9-13)17-14(18)10-16-12(3)4/h5-9,11-12,15-16H,10H2,1-4H3,(H,17,18). The molecular formula is C15H24N2O. The smallest absolute Gasteiger partial charge is 0.234 e. The van der Waals surface area contributed by atoms with Gasteiger partial charge in [-0.15, -0.1) is 0 Å². The Hall–Kier alpha value is -1.35. The molecule has 0 saturated heterocycles. The summed E-state index contributed by atoms with van der Waals surface area (Å²) in [6.07, 6.45) is 0. The second-order valence-corrected chi connectivity index (χ2v) is 5.24. The van der Waals surface area contributed by atoms with Crippen molar-refractivity contribution in [2.45, 2.75) is 39.8 Å². The molecule has 0 aromatic heterocycles. The molecule has 100 valence electrons. The van der Waals surface area contributed by atoms with E-state index in [-0.39, 0.29) is 11.9 Å². The average molecular weight is 248 g/mol. The second kappa shape index (κ2) is 7.17. The first-order valence-corrected chi connectivity index (χ1v) is 6.58. The van der Waals surface area contributed by atoms with Crippen molar-refractivity contribution in [1.29, 1.82) is 0 Å². The normalized spacial score (nSPS) is 12.8. The Labute approximate surface area is 110 Å². The van der Waals surface area contributed by atoms with Crippen LogP contribution in [0.3, 0.4) is 0 Å². The molecule has 18 heavy (non-hydrogen) atoms. The van der Waals surface area contributed by atoms with Crippen molar-refractivity contribution in [2.24, 2.45) is 5.92 Å². The number of hydrogen-bond donors (Lipinski definition) is 2. The van der Waals surface area contributed by atoms with Gasteiger partial charge in [0.05, 0.1) is 12.6 Å². The minimum Gasteiger partial charge on any atom is -0.348 e. The molecule has 0 fully saturated rings. The highest BCUT2D eigenvalue weighted by molar-refractivity contribution is 5.78. The Morgan fingerprint density at radius 2 is 1.72 bits per heavy atom. The van der Waals surface area contributed by atoms with E-state index in [2.05, 4.69) is 36.6 Å². The quantitative estimate of drug-likeness (QED) is 0.812. The van der Waals surface area contributed by atoms with Crippen LogP contribution in [0.1, 0.15) is 39.3 Å². The maximum absolute atomic E-state index is 11.9. The molecule has 1 rings (SSSR count). The van der Waals surface area contributed by atoms with Gasteiger partial charge in [0.1, 0.15) is 0 Å². The maximum Gasteiger partial charge on any atom is 0.234 e. The van der Waals surface area contributed by atoms with E-state index >= 15 is 0 Å². The molecule has 2 N–H and O–H groups in total. The van der Waals surface area contributed by atoms with Crippen molar-refractivity contribution >= 4 is 5.91 Å². The molecule has 3 nitrogen and oxygen atoms in total. The van der Waals surface area contributed by atoms with Crippen molar-refractivity contribution in [1.82, 2.24) is 10.6 Å². The summed E-state index contributed by atoms with van der Waals surface area (Å²) in [5, 5.41) is 6.22. The minimum atomic E-state index is 0.0475. The zero-order chi connectivity index (χ0) is 13.5. The highest BCUT2D eigenvalue weighted by atomic mass is 16.2. The number of amides is 1. The fourth-order valence-corrected chi connectivity index (χ4v) is 1.82. The first-order chi connectivity index (χ1) is 8.50. The van der Waals surface area contributed by atoms with Crippen molar-refractivity contribution in [3.05, 3.63) is 35.9 Å². The Morgan fingerprint density at radius 3 is 2.22 bits per heavy atom. The molecule has 0 radical (unpaired) electrons. The Kier molecular flexibility index (Phi) is 5.86. The fourth-order valence-electron chi connectivity index (χ4n) is 1.82. The van der Waals surface area contributed by atoms with Gasteiger partial charge in [-0.3, -0.25) is 4.79 Å². The van der Waals surface area contributed by atoms with Crippen molar-refractivity contribution < 1.29 is 4.79 Å². The lowest BCUT2D eigenvalue weighted by molar-refractivity contribution is -0.121. The van der Waals surface area contributed by atoms with E-state index in [1.54, 1.807) is 0 Å². The number of carbonyl (C=O) groups is 1. The van der Waals surface area contributed by atoms with Crippen LogP contribution in [0.5, 0.6) is 0 Å². The minimum absolute atomic E-state index is 0.0475. The average Bonchev–Trinajstić information content (AvgIpc) is 2.34. The summed E-state index contributed by atoms with van der Waals surface area (Å²) in [6.45, 7) is 8.67. The summed E-state index contributed by atoms with van der Waals surface area (Å²) in [7, 11) is 0. The van der Waals surface area contributed by atoms with Gasteiger partial charge >= 0.3 is 0 Å². The summed E-state index contributed by atoms with van der Waals surface area (Å²) in [4.78, 5) is 11.9. The summed E-state index contributed by atoms with van der Waals surface area (Å²) >= 11 is 0. The number of nitrogens with one attached hydrogen (secondary N) is 2. The van der Waals surface area contributed by atoms with E-state index < -0.39 is 0 Å². The first kappa shape index (κ1) is 14.7. The molecule has 1 unspecified atom stereocenters. The van der Waals surface area contributed by atoms with Gasteiger partial charge in [-0.2, -0.15) is 0 Å². The van der Waals surface area contributed by atoms with Crippen LogP contribution in [0.15, 0.2) is 30.3 Å². The Bertz CT molecular complexity index is 360. The summed E-state index contributed by atoms with van der Waals surface area (Å²) < 4.78 is 0. The van der Waals surface area contributed by atoms with E-state index in [1.807, 2.05) is 32.0 Å². The number of rotatable bonds is 6. The van der Waals surface area contributed by atoms with Crippen LogP contribution in [0, 0.1) is 5.92 Å². The Balaban J connectivity index is 2.62. The van der Waals surface area contributed by atoms with Gasteiger partial charge in [-0.25, -0.2) is 0 Å². The molecule has 1 amide bonds. The number of benzene rings is 1. The SMILES string of the molecule is CC(C)NCC(=O)NC(c1ccccc1)C(C)C. The van der Waals surface area contributed by atoms with Gasteiger partial charge in [0.15, 0.2) is 0 Å². The highest BCUT2D eigenvalue weighted by Crippen LogP contribution is 2.20. The van der Waals surface area contributed by atoms with Crippen LogP contribution in [-0.2, 0) is 4.79 Å². The van der Waals surface area contributed by atoms with E-state index in [1.165, 1.54) is 0 Å². The van der Waals surface area contributed by atoms with E-state index in [0.717, 1.165) is 5.56 Å². The molecule has 1 atom stereocenters. The van der Waals surface area contributed by atoms with Crippen LogP contribution in [0.4, 0.5) is 0 Å². The zero-order valence-corrected chi connectivity index (χ0v) is 11.7. The lowest BCUT2D eigenvalue weighted by Crippen LogP contribution is -2.40. The van der Waals surface area contributed by atoms with Crippen molar-refractivity contribution in [3.63, 3.8) is 0 Å². The van der Waals surface area contributed by atoms with E-state index in [4.69, 9.17) is 0 Å². The topological polar surface area (TPSA) is 41.1 Å². The Morgan fingerprint density at radius 1 is 1.11 bits per heavy atom. The first-order valence-electron chi connectivity index (χ1n) is 6.58. The molecule has 3 heteroatoms. The molecule has 0 aliphatic heterocycles. The van der Waals surface area contributed by atoms with Gasteiger partial charge in [-0.05, 0) is 11.5 Å². The number of carbonyl (C=O) groups excluding carboxylic acids is 1. The lowest BCUT2D eigenvalue weighted by Gasteiger charge is -2.23. The fraction of sp³-hybridized carbons (Fsp3) is 0.533. The van der Waals surface area contributed by atoms with Crippen LogP contribution in [-0.4, -0.2) is 18.5 Å². The molecule has 0 spiro atoms. The summed E-state index contributed by atoms with van der Waals surface area (Å²) in [5.41, 5.74) is 1.16. The maximum atomic E-state index is 11.9. The summed E-state index contributed by atoms with van der Waals surface area (Å²) in [6, 6.07) is 10.5. The van der Waals surface area contributed by atoms with E-state index in [9.17, 15) is 4.79 Å². The highest BCUT2D eigenvalue weighted by Gasteiger charge is 2.17. The molecule has 1 aromatic carbocycles. The van der Waals surface area contributed by atoms with Crippen LogP contribution >= 0.6 is 0 Å². The lowest BCUT2D eigenvalue weighted by atomic mass is 9.96. The van der Waals surface area contributed by atoms with Crippen molar-refractivity contribution in [3.8, 4) is 0 Å². The molecule has 1 aromatic rings. The second-order valence-electron chi connectivity index (χ2n) is 5.24. The molecule has 0 bridgehead atoms. The van der Waals surface area contributed by atoms with E-state index in [0.29, 0.717) is 18.5 Å². The van der Waals surface area contributed by atoms with Gasteiger partial charge in [-0.1, -0.05) is 58.0 Å². The largest absolute Gasteiger partial charge is 0.348 e. The monoisotopic (exact) mass is 248 g/mol. The third kappa shape index (κ3) is 4.88. The van der Waals surface area contributed by atoms with Crippen LogP contribution in [0.2, 0.25) is 0 Å². The van der Waals surface area contributed by atoms with Crippen molar-refractivity contribution in [2.75, 3.05) is 6.54 Å². The summed E-state index contributed by atoms with van der Waals surface area (Å²) in [5.74, 6) is 0.418. The predicted octanol–water partition coefficient (Wildman–Crippen LogP) is 2.50. The van der Waals surface area contributed by atoms with Gasteiger partial charge < -0.3 is 10.6 Å². The molecule has 0 aliphatic rings. The zero-order valence-electron chi connectivity index (χ0n) is 11.7. The van der Waals surface area contributed by atoms with Gasteiger partial charge in [0.25, 0.3) is 0 Å². The molecular weight excluding hydrogens is 224 g/mol. The third-order valence-corrected chi connectivity index (χ3v) is 2.81. The predicted molar refractivity (Wildman–Crippen MR) is 75.3 cm³/mol.